The van der Waals surface area contributed by atoms with Gasteiger partial charge in [0.05, 0.1) is 17.3 Å². The van der Waals surface area contributed by atoms with Crippen LogP contribution in [0.4, 0.5) is 0 Å². The lowest BCUT2D eigenvalue weighted by atomic mass is 9.87. The Morgan fingerprint density at radius 2 is 1.58 bits per heavy atom. The lowest BCUT2D eigenvalue weighted by Gasteiger charge is -2.46. The van der Waals surface area contributed by atoms with Crippen LogP contribution >= 0.6 is 0 Å². The van der Waals surface area contributed by atoms with Crippen LogP contribution in [0, 0.1) is 11.3 Å². The largest absolute Gasteiger partial charge is 0.473 e. The molecule has 9 heteroatoms. The Balaban J connectivity index is 2.03. The van der Waals surface area contributed by atoms with Crippen LogP contribution in [-0.2, 0) is 23.9 Å². The maximum absolute atomic E-state index is 14.8. The molecule has 0 aliphatic carbocycles. The number of carbonyl (C=O) groups excluding carboxylic acids is 4. The number of Topliss-reactive ketones (excluding diaryl/α,β-unsaturated/α-hetero) is 1. The Bertz CT molecular complexity index is 1440. The standard InChI is InChI=1S/C34H42N4O5/c1-21(2)27-31(41)38(25(23-15-11-9-12-16-23)19-37(27)32(42)33(4,5)6)28(29(40)30-36-34(7,8)20-43-30)26(35-22(3)39)24-17-13-10-14-18-24/h9-19,21,26-28H,20H2,1-8H3,(H,35,39)/t26?,27-,28-/m0/s1. The molecule has 0 spiro atoms. The van der Waals surface area contributed by atoms with Crippen LogP contribution in [0.3, 0.4) is 0 Å². The van der Waals surface area contributed by atoms with Gasteiger partial charge in [0.15, 0.2) is 0 Å². The molecule has 0 saturated carbocycles. The highest BCUT2D eigenvalue weighted by Gasteiger charge is 2.50. The van der Waals surface area contributed by atoms with Gasteiger partial charge in [-0.1, -0.05) is 95.3 Å². The van der Waals surface area contributed by atoms with Gasteiger partial charge in [0, 0.05) is 18.5 Å². The highest BCUT2D eigenvalue weighted by Crippen LogP contribution is 2.38. The molecule has 228 valence electrons. The van der Waals surface area contributed by atoms with Crippen molar-refractivity contribution in [1.82, 2.24) is 15.1 Å². The van der Waals surface area contributed by atoms with E-state index < -0.39 is 40.8 Å². The summed E-state index contributed by atoms with van der Waals surface area (Å²) in [5.41, 5.74) is 0.216. The number of amides is 3. The first-order valence-corrected chi connectivity index (χ1v) is 14.6. The average molecular weight is 587 g/mol. The van der Waals surface area contributed by atoms with Crippen LogP contribution in [0.2, 0.25) is 0 Å². The van der Waals surface area contributed by atoms with Gasteiger partial charge in [-0.05, 0) is 30.9 Å². The van der Waals surface area contributed by atoms with E-state index in [2.05, 4.69) is 10.3 Å². The van der Waals surface area contributed by atoms with E-state index in [-0.39, 0.29) is 30.2 Å². The van der Waals surface area contributed by atoms with Gasteiger partial charge in [-0.25, -0.2) is 4.99 Å². The molecule has 3 atom stereocenters. The van der Waals surface area contributed by atoms with Crippen molar-refractivity contribution in [1.29, 1.82) is 0 Å². The third-order valence-corrected chi connectivity index (χ3v) is 7.45. The third-order valence-electron chi connectivity index (χ3n) is 7.45. The zero-order valence-electron chi connectivity index (χ0n) is 26.3. The van der Waals surface area contributed by atoms with Crippen molar-refractivity contribution >= 4 is 35.1 Å². The van der Waals surface area contributed by atoms with Gasteiger partial charge in [-0.15, -0.1) is 0 Å². The molecule has 2 aliphatic heterocycles. The molecule has 2 aromatic carbocycles. The number of ketones is 1. The van der Waals surface area contributed by atoms with Gasteiger partial charge in [-0.3, -0.25) is 24.1 Å². The van der Waals surface area contributed by atoms with E-state index in [1.165, 1.54) is 16.7 Å². The number of hydrogen-bond donors (Lipinski definition) is 1. The molecular weight excluding hydrogens is 544 g/mol. The number of aliphatic imine (C=N–C) groups is 1. The van der Waals surface area contributed by atoms with Crippen molar-refractivity contribution in [2.75, 3.05) is 6.61 Å². The quantitative estimate of drug-likeness (QED) is 0.480. The molecule has 0 bridgehead atoms. The predicted octanol–water partition coefficient (Wildman–Crippen LogP) is 4.75. The number of nitrogens with one attached hydrogen (secondary N) is 1. The molecule has 1 N–H and O–H groups in total. The minimum atomic E-state index is -1.27. The number of hydrogen-bond acceptors (Lipinski definition) is 6. The second-order valence-electron chi connectivity index (χ2n) is 13.2. The van der Waals surface area contributed by atoms with Gasteiger partial charge >= 0.3 is 0 Å². The van der Waals surface area contributed by atoms with E-state index >= 15 is 0 Å². The van der Waals surface area contributed by atoms with Crippen LogP contribution in [0.15, 0.2) is 71.9 Å². The van der Waals surface area contributed by atoms with Crippen molar-refractivity contribution in [3.05, 3.63) is 78.0 Å². The van der Waals surface area contributed by atoms with E-state index in [1.807, 2.05) is 97.0 Å². The van der Waals surface area contributed by atoms with Crippen LogP contribution in [0.1, 0.15) is 72.6 Å². The Morgan fingerprint density at radius 1 is 1.00 bits per heavy atom. The monoisotopic (exact) mass is 586 g/mol. The summed E-state index contributed by atoms with van der Waals surface area (Å²) in [5.74, 6) is -1.96. The van der Waals surface area contributed by atoms with Crippen molar-refractivity contribution in [2.24, 2.45) is 16.3 Å². The van der Waals surface area contributed by atoms with Crippen LogP contribution in [0.25, 0.3) is 5.70 Å². The molecule has 0 aromatic heterocycles. The third kappa shape index (κ3) is 6.71. The van der Waals surface area contributed by atoms with E-state index in [0.29, 0.717) is 16.8 Å². The lowest BCUT2D eigenvalue weighted by Crippen LogP contribution is -2.62. The van der Waals surface area contributed by atoms with Gasteiger partial charge in [0.2, 0.25) is 17.6 Å². The maximum Gasteiger partial charge on any atom is 0.256 e. The van der Waals surface area contributed by atoms with Crippen molar-refractivity contribution in [2.45, 2.75) is 79.1 Å². The van der Waals surface area contributed by atoms with Crippen molar-refractivity contribution in [3.63, 3.8) is 0 Å². The first-order valence-electron chi connectivity index (χ1n) is 14.6. The Kier molecular flexibility index (Phi) is 8.94. The first kappa shape index (κ1) is 31.7. The first-order chi connectivity index (χ1) is 20.1. The second-order valence-corrected chi connectivity index (χ2v) is 13.2. The molecule has 0 saturated heterocycles. The Hall–Kier alpha value is -4.27. The normalized spacial score (nSPS) is 19.7. The zero-order valence-corrected chi connectivity index (χ0v) is 26.3. The molecule has 4 rings (SSSR count). The fourth-order valence-electron chi connectivity index (χ4n) is 5.42. The zero-order chi connectivity index (χ0) is 31.7. The number of ether oxygens (including phenoxy) is 1. The van der Waals surface area contributed by atoms with Gasteiger partial charge < -0.3 is 15.0 Å². The highest BCUT2D eigenvalue weighted by atomic mass is 16.5. The Labute approximate surface area is 254 Å². The van der Waals surface area contributed by atoms with Gasteiger partial charge in [-0.2, -0.15) is 0 Å². The average Bonchev–Trinajstić information content (AvgIpc) is 3.32. The van der Waals surface area contributed by atoms with Gasteiger partial charge in [0.25, 0.3) is 11.8 Å². The summed E-state index contributed by atoms with van der Waals surface area (Å²) >= 11 is 0. The fraction of sp³-hybridized carbons (Fsp3) is 0.441. The highest BCUT2D eigenvalue weighted by molar-refractivity contribution is 6.39. The van der Waals surface area contributed by atoms with Crippen LogP contribution < -0.4 is 5.32 Å². The molecule has 2 heterocycles. The summed E-state index contributed by atoms with van der Waals surface area (Å²) in [5, 5.41) is 2.94. The second kappa shape index (κ2) is 12.1. The molecule has 1 unspecified atom stereocenters. The molecule has 2 aliphatic rings. The van der Waals surface area contributed by atoms with Crippen molar-refractivity contribution in [3.8, 4) is 0 Å². The summed E-state index contributed by atoms with van der Waals surface area (Å²) < 4.78 is 5.81. The van der Waals surface area contributed by atoms with Gasteiger partial charge in [0.1, 0.15) is 18.7 Å². The SMILES string of the molecule is CC(=O)NC(c1ccccc1)[C@@H](C(=O)C1=NC(C)(C)CO1)N1C(=O)[C@H](C(C)C)N(C(=O)C(C)(C)C)C=C1c1ccccc1. The topological polar surface area (TPSA) is 108 Å². The van der Waals surface area contributed by atoms with E-state index in [9.17, 15) is 19.2 Å². The van der Waals surface area contributed by atoms with Crippen LogP contribution in [-0.4, -0.2) is 63.4 Å². The molecule has 0 radical (unpaired) electrons. The fourth-order valence-corrected chi connectivity index (χ4v) is 5.42. The number of nitrogens with zero attached hydrogens (tertiary/aromatic N) is 3. The smallest absolute Gasteiger partial charge is 0.256 e. The maximum atomic E-state index is 14.8. The summed E-state index contributed by atoms with van der Waals surface area (Å²) in [6.45, 7) is 14.5. The van der Waals surface area contributed by atoms with Crippen LogP contribution in [0.5, 0.6) is 0 Å². The summed E-state index contributed by atoms with van der Waals surface area (Å²) in [4.78, 5) is 63.4. The molecule has 43 heavy (non-hydrogen) atoms. The molecule has 9 nitrogen and oxygen atoms in total. The minimum Gasteiger partial charge on any atom is -0.473 e. The molecule has 0 fully saturated rings. The molecule has 2 aromatic rings. The van der Waals surface area contributed by atoms with E-state index in [4.69, 9.17) is 4.74 Å². The molecular formula is C34H42N4O5. The molecule has 3 amide bonds. The van der Waals surface area contributed by atoms with Crippen molar-refractivity contribution < 1.29 is 23.9 Å². The minimum absolute atomic E-state index is 0.101. The number of carbonyl (C=O) groups is 4. The summed E-state index contributed by atoms with van der Waals surface area (Å²) in [7, 11) is 0. The summed E-state index contributed by atoms with van der Waals surface area (Å²) in [6, 6.07) is 15.1. The van der Waals surface area contributed by atoms with E-state index in [0.717, 1.165) is 0 Å². The lowest BCUT2D eigenvalue weighted by molar-refractivity contribution is -0.151. The predicted molar refractivity (Wildman–Crippen MR) is 165 cm³/mol. The number of rotatable bonds is 8. The number of benzene rings is 2. The van der Waals surface area contributed by atoms with E-state index in [1.54, 1.807) is 18.3 Å². The Morgan fingerprint density at radius 3 is 2.07 bits per heavy atom. The summed E-state index contributed by atoms with van der Waals surface area (Å²) in [6.07, 6.45) is 1.67.